The van der Waals surface area contributed by atoms with Crippen molar-refractivity contribution in [3.05, 3.63) is 65.7 Å². The lowest BCUT2D eigenvalue weighted by molar-refractivity contribution is 0.426. The lowest BCUT2D eigenvalue weighted by Crippen LogP contribution is -2.29. The Balaban J connectivity index is 2.05. The van der Waals surface area contributed by atoms with Crippen LogP contribution in [0.5, 0.6) is 0 Å². The molecular weight excluding hydrogens is 223 g/mol. The number of benzene rings is 2. The third kappa shape index (κ3) is 3.22. The van der Waals surface area contributed by atoms with Gasteiger partial charge in [0.2, 0.25) is 0 Å². The SMILES string of the molecule is C[C@H](Cc1ccc(B(O)O)cc1)c1ccccc1. The fourth-order valence-electron chi connectivity index (χ4n) is 2.08. The highest BCUT2D eigenvalue weighted by molar-refractivity contribution is 6.58. The van der Waals surface area contributed by atoms with Crippen molar-refractivity contribution in [3.63, 3.8) is 0 Å². The van der Waals surface area contributed by atoms with Crippen LogP contribution in [0.15, 0.2) is 54.6 Å². The zero-order valence-corrected chi connectivity index (χ0v) is 10.5. The molecule has 0 bridgehead atoms. The Bertz CT molecular complexity index is 480. The molecule has 2 rings (SSSR count). The molecule has 92 valence electrons. The van der Waals surface area contributed by atoms with Gasteiger partial charge in [-0.05, 0) is 28.9 Å². The summed E-state index contributed by atoms with van der Waals surface area (Å²) in [7, 11) is -1.38. The molecule has 0 heterocycles. The van der Waals surface area contributed by atoms with Gasteiger partial charge >= 0.3 is 7.12 Å². The Morgan fingerprint density at radius 2 is 1.56 bits per heavy atom. The molecule has 0 fully saturated rings. The summed E-state index contributed by atoms with van der Waals surface area (Å²) in [6.07, 6.45) is 0.950. The van der Waals surface area contributed by atoms with Gasteiger partial charge in [-0.2, -0.15) is 0 Å². The van der Waals surface area contributed by atoms with Crippen LogP contribution in [0.4, 0.5) is 0 Å². The summed E-state index contributed by atoms with van der Waals surface area (Å²) in [5.41, 5.74) is 3.06. The van der Waals surface area contributed by atoms with Crippen LogP contribution in [0.1, 0.15) is 24.0 Å². The minimum Gasteiger partial charge on any atom is -0.423 e. The summed E-state index contributed by atoms with van der Waals surface area (Å²) >= 11 is 0. The topological polar surface area (TPSA) is 40.5 Å². The zero-order valence-electron chi connectivity index (χ0n) is 10.5. The molecule has 0 spiro atoms. The lowest BCUT2D eigenvalue weighted by atomic mass is 9.79. The maximum atomic E-state index is 9.03. The Kier molecular flexibility index (Phi) is 4.18. The highest BCUT2D eigenvalue weighted by Gasteiger charge is 2.11. The van der Waals surface area contributed by atoms with Crippen molar-refractivity contribution in [1.29, 1.82) is 0 Å². The largest absolute Gasteiger partial charge is 0.488 e. The van der Waals surface area contributed by atoms with E-state index in [1.165, 1.54) is 11.1 Å². The predicted octanol–water partition coefficient (Wildman–Crippen LogP) is 1.71. The van der Waals surface area contributed by atoms with Gasteiger partial charge in [0.15, 0.2) is 0 Å². The Labute approximate surface area is 108 Å². The first kappa shape index (κ1) is 12.9. The van der Waals surface area contributed by atoms with E-state index in [-0.39, 0.29) is 0 Å². The molecule has 0 aliphatic rings. The molecule has 0 aliphatic carbocycles. The van der Waals surface area contributed by atoms with Crippen LogP contribution in [0.2, 0.25) is 0 Å². The van der Waals surface area contributed by atoms with Crippen LogP contribution in [0.25, 0.3) is 0 Å². The first-order valence-corrected chi connectivity index (χ1v) is 6.16. The van der Waals surface area contributed by atoms with Crippen molar-refractivity contribution in [2.45, 2.75) is 19.3 Å². The summed E-state index contributed by atoms with van der Waals surface area (Å²) in [6, 6.07) is 17.8. The molecule has 2 N–H and O–H groups in total. The quantitative estimate of drug-likeness (QED) is 0.799. The van der Waals surface area contributed by atoms with E-state index in [1.54, 1.807) is 12.1 Å². The van der Waals surface area contributed by atoms with E-state index in [2.05, 4.69) is 31.2 Å². The van der Waals surface area contributed by atoms with Gasteiger partial charge in [-0.15, -0.1) is 0 Å². The van der Waals surface area contributed by atoms with E-state index in [4.69, 9.17) is 10.0 Å². The van der Waals surface area contributed by atoms with Gasteiger partial charge in [0.05, 0.1) is 0 Å². The first-order valence-electron chi connectivity index (χ1n) is 6.16. The minimum absolute atomic E-state index is 0.455. The Morgan fingerprint density at radius 3 is 2.11 bits per heavy atom. The molecule has 18 heavy (non-hydrogen) atoms. The fraction of sp³-hybridized carbons (Fsp3) is 0.200. The zero-order chi connectivity index (χ0) is 13.0. The standard InChI is InChI=1S/C15H17BO2/c1-12(14-5-3-2-4-6-14)11-13-7-9-15(10-8-13)16(17)18/h2-10,12,17-18H,11H2,1H3/t12-/m1/s1. The third-order valence-corrected chi connectivity index (χ3v) is 3.19. The van der Waals surface area contributed by atoms with Crippen molar-refractivity contribution in [1.82, 2.24) is 0 Å². The van der Waals surface area contributed by atoms with E-state index in [1.807, 2.05) is 18.2 Å². The van der Waals surface area contributed by atoms with E-state index >= 15 is 0 Å². The number of hydrogen-bond donors (Lipinski definition) is 2. The van der Waals surface area contributed by atoms with Gasteiger partial charge in [-0.3, -0.25) is 0 Å². The molecule has 2 aromatic carbocycles. The minimum atomic E-state index is -1.38. The molecule has 1 atom stereocenters. The molecule has 2 aromatic rings. The van der Waals surface area contributed by atoms with Crippen LogP contribution in [-0.4, -0.2) is 17.2 Å². The highest BCUT2D eigenvalue weighted by Crippen LogP contribution is 2.19. The second kappa shape index (κ2) is 5.85. The van der Waals surface area contributed by atoms with Crippen LogP contribution < -0.4 is 5.46 Å². The molecule has 0 aliphatic heterocycles. The number of rotatable bonds is 4. The average Bonchev–Trinajstić information content (AvgIpc) is 2.40. The number of hydrogen-bond acceptors (Lipinski definition) is 2. The van der Waals surface area contributed by atoms with Gasteiger partial charge in [-0.25, -0.2) is 0 Å². The molecular formula is C15H17BO2. The van der Waals surface area contributed by atoms with E-state index in [0.29, 0.717) is 11.4 Å². The second-order valence-corrected chi connectivity index (χ2v) is 4.63. The Hall–Kier alpha value is -1.58. The molecule has 2 nitrogen and oxygen atoms in total. The molecule has 0 saturated heterocycles. The summed E-state index contributed by atoms with van der Waals surface area (Å²) < 4.78 is 0. The first-order chi connectivity index (χ1) is 8.66. The van der Waals surface area contributed by atoms with Crippen LogP contribution >= 0.6 is 0 Å². The van der Waals surface area contributed by atoms with Crippen LogP contribution in [-0.2, 0) is 6.42 Å². The summed E-state index contributed by atoms with van der Waals surface area (Å²) in [6.45, 7) is 2.20. The smallest absolute Gasteiger partial charge is 0.423 e. The van der Waals surface area contributed by atoms with Gasteiger partial charge < -0.3 is 10.0 Å². The van der Waals surface area contributed by atoms with Crippen molar-refractivity contribution in [2.75, 3.05) is 0 Å². The average molecular weight is 240 g/mol. The predicted molar refractivity (Wildman–Crippen MR) is 74.8 cm³/mol. The summed E-state index contributed by atoms with van der Waals surface area (Å²) in [5.74, 6) is 0.455. The van der Waals surface area contributed by atoms with Gasteiger partial charge in [0.1, 0.15) is 0 Å². The molecule has 3 heteroatoms. The summed E-state index contributed by atoms with van der Waals surface area (Å²) in [4.78, 5) is 0. The van der Waals surface area contributed by atoms with Gasteiger partial charge in [-0.1, -0.05) is 61.5 Å². The van der Waals surface area contributed by atoms with Crippen molar-refractivity contribution in [2.24, 2.45) is 0 Å². The molecule has 0 saturated carbocycles. The van der Waals surface area contributed by atoms with Crippen molar-refractivity contribution in [3.8, 4) is 0 Å². The van der Waals surface area contributed by atoms with E-state index in [0.717, 1.165) is 6.42 Å². The van der Waals surface area contributed by atoms with Crippen LogP contribution in [0.3, 0.4) is 0 Å². The van der Waals surface area contributed by atoms with Gasteiger partial charge in [0, 0.05) is 0 Å². The molecule has 0 radical (unpaired) electrons. The highest BCUT2D eigenvalue weighted by atomic mass is 16.4. The van der Waals surface area contributed by atoms with E-state index in [9.17, 15) is 0 Å². The second-order valence-electron chi connectivity index (χ2n) is 4.63. The normalized spacial score (nSPS) is 12.2. The van der Waals surface area contributed by atoms with Gasteiger partial charge in [0.25, 0.3) is 0 Å². The van der Waals surface area contributed by atoms with Crippen molar-refractivity contribution >= 4 is 12.6 Å². The third-order valence-electron chi connectivity index (χ3n) is 3.19. The van der Waals surface area contributed by atoms with E-state index < -0.39 is 7.12 Å². The Morgan fingerprint density at radius 1 is 0.944 bits per heavy atom. The van der Waals surface area contributed by atoms with Crippen LogP contribution in [0, 0.1) is 0 Å². The van der Waals surface area contributed by atoms with Crippen molar-refractivity contribution < 1.29 is 10.0 Å². The molecule has 0 aromatic heterocycles. The molecule has 0 unspecified atom stereocenters. The summed E-state index contributed by atoms with van der Waals surface area (Å²) in [5, 5.41) is 18.1. The molecule has 0 amide bonds. The monoisotopic (exact) mass is 240 g/mol. The maximum absolute atomic E-state index is 9.03. The lowest BCUT2D eigenvalue weighted by Gasteiger charge is -2.12. The maximum Gasteiger partial charge on any atom is 0.488 e. The fourth-order valence-corrected chi connectivity index (χ4v) is 2.08.